The van der Waals surface area contributed by atoms with E-state index in [4.69, 9.17) is 4.74 Å². The fraction of sp³-hybridized carbons (Fsp3) is 0.0952. The molecular weight excluding hydrogens is 412 g/mol. The molecule has 1 N–H and O–H groups in total. The van der Waals surface area contributed by atoms with E-state index in [1.165, 1.54) is 31.2 Å². The summed E-state index contributed by atoms with van der Waals surface area (Å²) in [6, 6.07) is 8.76. The van der Waals surface area contributed by atoms with Gasteiger partial charge in [0, 0.05) is 11.8 Å². The second-order valence-corrected chi connectivity index (χ2v) is 6.32. The number of carbonyl (C=O) groups excluding carboxylic acids is 1. The van der Waals surface area contributed by atoms with Crippen LogP contribution in [-0.4, -0.2) is 5.91 Å². The molecule has 0 aromatic heterocycles. The molecule has 0 aliphatic carbocycles. The maximum Gasteiger partial charge on any atom is 0.419 e. The zero-order valence-electron chi connectivity index (χ0n) is 15.3. The van der Waals surface area contributed by atoms with E-state index >= 15 is 0 Å². The summed E-state index contributed by atoms with van der Waals surface area (Å²) in [5, 5.41) is 2.28. The van der Waals surface area contributed by atoms with Crippen LogP contribution in [0.5, 0.6) is 11.5 Å². The number of ether oxygens (including phenoxy) is 1. The van der Waals surface area contributed by atoms with Gasteiger partial charge in [-0.2, -0.15) is 13.2 Å². The molecule has 3 nitrogen and oxygen atoms in total. The lowest BCUT2D eigenvalue weighted by Crippen LogP contribution is -2.16. The number of anilines is 1. The molecule has 1 amide bonds. The predicted octanol–water partition coefficient (Wildman–Crippen LogP) is 6.48. The SMILES string of the molecule is Cc1cc(F)c(C(=O)Nc2ccc(Oc3cc(F)ccc3C(F)(F)F)cc2)c(F)c1. The minimum atomic E-state index is -4.75. The third-order valence-electron chi connectivity index (χ3n) is 4.00. The summed E-state index contributed by atoms with van der Waals surface area (Å²) in [6.45, 7) is 1.47. The molecule has 0 radical (unpaired) electrons. The zero-order chi connectivity index (χ0) is 22.1. The summed E-state index contributed by atoms with van der Waals surface area (Å²) < 4.78 is 85.3. The van der Waals surface area contributed by atoms with Crippen molar-refractivity contribution in [3.63, 3.8) is 0 Å². The molecule has 3 aromatic rings. The van der Waals surface area contributed by atoms with Gasteiger partial charge in [-0.3, -0.25) is 4.79 Å². The Hall–Kier alpha value is -3.49. The van der Waals surface area contributed by atoms with Crippen molar-refractivity contribution < 1.29 is 35.9 Å². The highest BCUT2D eigenvalue weighted by Gasteiger charge is 2.34. The standard InChI is InChI=1S/C21H13F6NO2/c1-11-8-16(23)19(17(24)9-11)20(29)28-13-3-5-14(6-4-13)30-18-10-12(22)2-7-15(18)21(25,26)27/h2-10H,1H3,(H,28,29). The minimum Gasteiger partial charge on any atom is -0.457 e. The van der Waals surface area contributed by atoms with E-state index in [1.807, 2.05) is 0 Å². The van der Waals surface area contributed by atoms with Crippen LogP contribution in [0.15, 0.2) is 54.6 Å². The molecule has 0 saturated heterocycles. The molecule has 0 bridgehead atoms. The van der Waals surface area contributed by atoms with Gasteiger partial charge >= 0.3 is 6.18 Å². The van der Waals surface area contributed by atoms with Crippen molar-refractivity contribution in [1.82, 2.24) is 0 Å². The number of hydrogen-bond acceptors (Lipinski definition) is 2. The molecule has 9 heteroatoms. The lowest BCUT2D eigenvalue weighted by Gasteiger charge is -2.14. The van der Waals surface area contributed by atoms with Gasteiger partial charge in [-0.1, -0.05) is 0 Å². The minimum absolute atomic E-state index is 0.0724. The Morgan fingerprint density at radius 1 is 0.900 bits per heavy atom. The highest BCUT2D eigenvalue weighted by Crippen LogP contribution is 2.38. The van der Waals surface area contributed by atoms with Crippen LogP contribution in [0.2, 0.25) is 0 Å². The van der Waals surface area contributed by atoms with Crippen LogP contribution < -0.4 is 10.1 Å². The second-order valence-electron chi connectivity index (χ2n) is 6.32. The summed E-state index contributed by atoms with van der Waals surface area (Å²) in [6.07, 6.45) is -4.75. The Morgan fingerprint density at radius 2 is 1.50 bits per heavy atom. The second kappa shape index (κ2) is 8.10. The quantitative estimate of drug-likeness (QED) is 0.486. The van der Waals surface area contributed by atoms with Crippen LogP contribution in [-0.2, 0) is 6.18 Å². The van der Waals surface area contributed by atoms with E-state index in [2.05, 4.69) is 5.32 Å². The van der Waals surface area contributed by atoms with E-state index in [1.54, 1.807) is 0 Å². The normalized spacial score (nSPS) is 11.3. The Kier molecular flexibility index (Phi) is 5.73. The monoisotopic (exact) mass is 425 g/mol. The van der Waals surface area contributed by atoms with Gasteiger partial charge in [0.05, 0.1) is 5.56 Å². The summed E-state index contributed by atoms with van der Waals surface area (Å²) in [7, 11) is 0. The average Bonchev–Trinajstić information content (AvgIpc) is 2.61. The topological polar surface area (TPSA) is 38.3 Å². The number of benzene rings is 3. The van der Waals surface area contributed by atoms with Gasteiger partial charge in [0.25, 0.3) is 5.91 Å². The molecule has 156 valence electrons. The van der Waals surface area contributed by atoms with Crippen molar-refractivity contribution in [1.29, 1.82) is 0 Å². The molecule has 0 heterocycles. The first-order valence-electron chi connectivity index (χ1n) is 8.46. The number of alkyl halides is 3. The molecule has 0 saturated carbocycles. The zero-order valence-corrected chi connectivity index (χ0v) is 15.3. The van der Waals surface area contributed by atoms with Gasteiger partial charge in [-0.15, -0.1) is 0 Å². The first kappa shape index (κ1) is 21.2. The number of halogens is 6. The van der Waals surface area contributed by atoms with E-state index in [0.717, 1.165) is 12.1 Å². The Bertz CT molecular complexity index is 1070. The van der Waals surface area contributed by atoms with Gasteiger partial charge in [0.15, 0.2) is 0 Å². The maximum absolute atomic E-state index is 13.9. The maximum atomic E-state index is 13.9. The van der Waals surface area contributed by atoms with Crippen LogP contribution in [0.1, 0.15) is 21.5 Å². The fourth-order valence-corrected chi connectivity index (χ4v) is 2.66. The van der Waals surface area contributed by atoms with Gasteiger partial charge < -0.3 is 10.1 Å². The molecule has 3 aromatic carbocycles. The predicted molar refractivity (Wildman–Crippen MR) is 97.0 cm³/mol. The highest BCUT2D eigenvalue weighted by atomic mass is 19.4. The summed E-state index contributed by atoms with van der Waals surface area (Å²) in [4.78, 5) is 12.1. The molecule has 0 aliphatic heterocycles. The van der Waals surface area contributed by atoms with Crippen molar-refractivity contribution in [2.75, 3.05) is 5.32 Å². The number of aryl methyl sites for hydroxylation is 1. The molecule has 0 fully saturated rings. The number of hydrogen-bond donors (Lipinski definition) is 1. The molecule has 0 aliphatic rings. The number of amides is 1. The third kappa shape index (κ3) is 4.73. The van der Waals surface area contributed by atoms with Crippen LogP contribution in [0.25, 0.3) is 0 Å². The number of carbonyl (C=O) groups is 1. The van der Waals surface area contributed by atoms with Crippen molar-refractivity contribution in [3.05, 3.63) is 88.7 Å². The van der Waals surface area contributed by atoms with E-state index < -0.39 is 46.4 Å². The Labute approximate surface area is 166 Å². The average molecular weight is 425 g/mol. The van der Waals surface area contributed by atoms with Gasteiger partial charge in [0.1, 0.15) is 34.5 Å². The summed E-state index contributed by atoms with van der Waals surface area (Å²) in [5.74, 6) is -4.82. The van der Waals surface area contributed by atoms with Gasteiger partial charge in [-0.25, -0.2) is 13.2 Å². The Balaban J connectivity index is 1.78. The first-order chi connectivity index (χ1) is 14.0. The van der Waals surface area contributed by atoms with Crippen LogP contribution >= 0.6 is 0 Å². The Morgan fingerprint density at radius 3 is 2.07 bits per heavy atom. The fourth-order valence-electron chi connectivity index (χ4n) is 2.66. The smallest absolute Gasteiger partial charge is 0.419 e. The van der Waals surface area contributed by atoms with E-state index in [0.29, 0.717) is 23.8 Å². The van der Waals surface area contributed by atoms with Gasteiger partial charge in [0.2, 0.25) is 0 Å². The van der Waals surface area contributed by atoms with Crippen molar-refractivity contribution in [2.24, 2.45) is 0 Å². The van der Waals surface area contributed by atoms with Crippen molar-refractivity contribution in [2.45, 2.75) is 13.1 Å². The number of nitrogens with one attached hydrogen (secondary N) is 1. The van der Waals surface area contributed by atoms with Crippen LogP contribution in [0.4, 0.5) is 32.0 Å². The molecule has 3 rings (SSSR count). The van der Waals surface area contributed by atoms with Gasteiger partial charge in [-0.05, 0) is 61.0 Å². The third-order valence-corrected chi connectivity index (χ3v) is 4.00. The molecular formula is C21H13F6NO2. The van der Waals surface area contributed by atoms with E-state index in [9.17, 15) is 31.1 Å². The molecule has 0 atom stereocenters. The molecule has 0 spiro atoms. The van der Waals surface area contributed by atoms with Crippen molar-refractivity contribution in [3.8, 4) is 11.5 Å². The number of rotatable bonds is 4. The van der Waals surface area contributed by atoms with Crippen LogP contribution in [0, 0.1) is 24.4 Å². The molecule has 30 heavy (non-hydrogen) atoms. The lowest BCUT2D eigenvalue weighted by atomic mass is 10.1. The van der Waals surface area contributed by atoms with E-state index in [-0.39, 0.29) is 11.4 Å². The van der Waals surface area contributed by atoms with Crippen LogP contribution in [0.3, 0.4) is 0 Å². The lowest BCUT2D eigenvalue weighted by molar-refractivity contribution is -0.138. The largest absolute Gasteiger partial charge is 0.457 e. The van der Waals surface area contributed by atoms with Crippen molar-refractivity contribution >= 4 is 11.6 Å². The molecule has 0 unspecified atom stereocenters. The summed E-state index contributed by atoms with van der Waals surface area (Å²) in [5.41, 5.74) is -1.51. The summed E-state index contributed by atoms with van der Waals surface area (Å²) >= 11 is 0. The highest BCUT2D eigenvalue weighted by molar-refractivity contribution is 6.04. The first-order valence-corrected chi connectivity index (χ1v) is 8.46.